The van der Waals surface area contributed by atoms with Crippen LogP contribution in [-0.2, 0) is 12.4 Å². The molecule has 6 heteroatoms. The predicted molar refractivity (Wildman–Crippen MR) is 95.1 cm³/mol. The van der Waals surface area contributed by atoms with Crippen LogP contribution in [0.2, 0.25) is 0 Å². The van der Waals surface area contributed by atoms with E-state index in [-0.39, 0.29) is 11.8 Å². The topological polar surface area (TPSA) is 0 Å². The molecule has 0 saturated carbocycles. The number of halogens is 6. The summed E-state index contributed by atoms with van der Waals surface area (Å²) in [5.41, 5.74) is 2.12. The quantitative estimate of drug-likeness (QED) is 0.471. The van der Waals surface area contributed by atoms with Crippen LogP contribution in [0.15, 0.2) is 60.7 Å². The van der Waals surface area contributed by atoms with Crippen molar-refractivity contribution < 1.29 is 26.3 Å². The number of rotatable bonds is 2. The van der Waals surface area contributed by atoms with Crippen molar-refractivity contribution in [2.75, 3.05) is 0 Å². The second-order valence-electron chi connectivity index (χ2n) is 7.18. The summed E-state index contributed by atoms with van der Waals surface area (Å²) >= 11 is 0. The molecule has 2 atom stereocenters. The lowest BCUT2D eigenvalue weighted by atomic mass is 9.69. The fourth-order valence-corrected chi connectivity index (χ4v) is 4.02. The first-order chi connectivity index (χ1) is 13.1. The van der Waals surface area contributed by atoms with Crippen LogP contribution in [0.5, 0.6) is 0 Å². The summed E-state index contributed by atoms with van der Waals surface area (Å²) in [5, 5.41) is 0. The second-order valence-corrected chi connectivity index (χ2v) is 7.18. The van der Waals surface area contributed by atoms with Gasteiger partial charge in [0.25, 0.3) is 0 Å². The third-order valence-corrected chi connectivity index (χ3v) is 5.44. The maximum absolute atomic E-state index is 12.8. The van der Waals surface area contributed by atoms with E-state index in [1.54, 1.807) is 0 Å². The molecule has 5 rings (SSSR count). The van der Waals surface area contributed by atoms with Crippen molar-refractivity contribution in [2.45, 2.75) is 25.2 Å². The van der Waals surface area contributed by atoms with Gasteiger partial charge in [0.2, 0.25) is 0 Å². The lowest BCUT2D eigenvalue weighted by Crippen LogP contribution is -2.20. The van der Waals surface area contributed by atoms with Crippen LogP contribution in [0.4, 0.5) is 26.3 Å². The van der Waals surface area contributed by atoms with Gasteiger partial charge in [-0.05, 0) is 59.4 Å². The Labute approximate surface area is 158 Å². The number of hydrogen-bond donors (Lipinski definition) is 0. The monoisotopic (exact) mass is 394 g/mol. The Kier molecular flexibility index (Phi) is 4.40. The summed E-state index contributed by atoms with van der Waals surface area (Å²) in [6.45, 7) is 0. The van der Waals surface area contributed by atoms with Crippen molar-refractivity contribution >= 4 is 11.1 Å². The second kappa shape index (κ2) is 6.54. The normalized spacial score (nSPS) is 22.1. The highest BCUT2D eigenvalue weighted by molar-refractivity contribution is 5.82. The molecule has 2 aromatic rings. The van der Waals surface area contributed by atoms with E-state index in [1.807, 2.05) is 12.2 Å². The summed E-state index contributed by atoms with van der Waals surface area (Å²) in [5.74, 6) is 0.109. The van der Waals surface area contributed by atoms with Crippen LogP contribution in [0.25, 0.3) is 11.1 Å². The zero-order chi connectivity index (χ0) is 20.1. The molecule has 2 aromatic carbocycles. The first-order valence-corrected chi connectivity index (χ1v) is 8.91. The molecule has 0 radical (unpaired) electrons. The molecule has 146 valence electrons. The van der Waals surface area contributed by atoms with E-state index in [4.69, 9.17) is 0 Å². The Bertz CT molecular complexity index is 847. The summed E-state index contributed by atoms with van der Waals surface area (Å²) in [4.78, 5) is 0. The summed E-state index contributed by atoms with van der Waals surface area (Å²) in [7, 11) is 0. The van der Waals surface area contributed by atoms with Crippen LogP contribution in [-0.4, -0.2) is 0 Å². The van der Waals surface area contributed by atoms with Gasteiger partial charge in [0.1, 0.15) is 0 Å². The average molecular weight is 394 g/mol. The minimum atomic E-state index is -4.37. The molecule has 3 aliphatic carbocycles. The van der Waals surface area contributed by atoms with Gasteiger partial charge >= 0.3 is 12.4 Å². The first-order valence-electron chi connectivity index (χ1n) is 8.91. The highest BCUT2D eigenvalue weighted by atomic mass is 19.4. The van der Waals surface area contributed by atoms with Crippen LogP contribution in [0.1, 0.15) is 35.1 Å². The molecular weight excluding hydrogens is 378 g/mol. The van der Waals surface area contributed by atoms with Crippen molar-refractivity contribution in [2.24, 2.45) is 11.8 Å². The Hall–Kier alpha value is -2.50. The van der Waals surface area contributed by atoms with Gasteiger partial charge in [-0.2, -0.15) is 26.3 Å². The molecule has 0 aliphatic heterocycles. The molecular formula is C22H16F6. The van der Waals surface area contributed by atoms with E-state index in [1.165, 1.54) is 24.3 Å². The Morgan fingerprint density at radius 2 is 0.857 bits per heavy atom. The van der Waals surface area contributed by atoms with E-state index < -0.39 is 23.5 Å². The van der Waals surface area contributed by atoms with Crippen molar-refractivity contribution in [1.29, 1.82) is 0 Å². The van der Waals surface area contributed by atoms with E-state index >= 15 is 0 Å². The Morgan fingerprint density at radius 1 is 0.536 bits per heavy atom. The molecule has 0 spiro atoms. The predicted octanol–water partition coefficient (Wildman–Crippen LogP) is 7.23. The Morgan fingerprint density at radius 3 is 1.11 bits per heavy atom. The van der Waals surface area contributed by atoms with Crippen LogP contribution >= 0.6 is 0 Å². The number of allylic oxidation sites excluding steroid dienone is 4. The zero-order valence-corrected chi connectivity index (χ0v) is 14.6. The van der Waals surface area contributed by atoms with E-state index in [9.17, 15) is 26.3 Å². The molecule has 0 aromatic heterocycles. The van der Waals surface area contributed by atoms with Gasteiger partial charge in [-0.15, -0.1) is 0 Å². The first kappa shape index (κ1) is 18.8. The van der Waals surface area contributed by atoms with Gasteiger partial charge in [-0.3, -0.25) is 0 Å². The largest absolute Gasteiger partial charge is 0.416 e. The molecule has 0 saturated heterocycles. The maximum atomic E-state index is 12.8. The molecule has 0 amide bonds. The summed E-state index contributed by atoms with van der Waals surface area (Å²) < 4.78 is 76.5. The van der Waals surface area contributed by atoms with Gasteiger partial charge < -0.3 is 0 Å². The van der Waals surface area contributed by atoms with Gasteiger partial charge in [0.05, 0.1) is 11.1 Å². The van der Waals surface area contributed by atoms with Gasteiger partial charge in [0, 0.05) is 11.8 Å². The van der Waals surface area contributed by atoms with Gasteiger partial charge in [0.15, 0.2) is 0 Å². The zero-order valence-electron chi connectivity index (χ0n) is 14.6. The molecule has 2 unspecified atom stereocenters. The molecule has 0 fully saturated rings. The smallest absolute Gasteiger partial charge is 0.166 e. The van der Waals surface area contributed by atoms with E-state index in [0.29, 0.717) is 0 Å². The highest BCUT2D eigenvalue weighted by Gasteiger charge is 2.34. The number of alkyl halides is 6. The lowest BCUT2D eigenvalue weighted by Gasteiger charge is -2.35. The third-order valence-electron chi connectivity index (χ3n) is 5.44. The molecule has 0 N–H and O–H groups in total. The maximum Gasteiger partial charge on any atom is 0.416 e. The van der Waals surface area contributed by atoms with E-state index in [0.717, 1.165) is 59.4 Å². The minimum absolute atomic E-state index is 0.0547. The third kappa shape index (κ3) is 3.48. The molecule has 2 bridgehead atoms. The van der Waals surface area contributed by atoms with Crippen molar-refractivity contribution in [1.82, 2.24) is 0 Å². The number of benzene rings is 2. The van der Waals surface area contributed by atoms with Crippen LogP contribution < -0.4 is 0 Å². The van der Waals surface area contributed by atoms with Crippen molar-refractivity contribution in [3.05, 3.63) is 82.9 Å². The molecule has 0 nitrogen and oxygen atoms in total. The van der Waals surface area contributed by atoms with Crippen LogP contribution in [0, 0.1) is 11.8 Å². The fourth-order valence-electron chi connectivity index (χ4n) is 4.02. The molecule has 28 heavy (non-hydrogen) atoms. The van der Waals surface area contributed by atoms with Gasteiger partial charge in [-0.25, -0.2) is 0 Å². The van der Waals surface area contributed by atoms with Crippen LogP contribution in [0.3, 0.4) is 0 Å². The van der Waals surface area contributed by atoms with Gasteiger partial charge in [-0.1, -0.05) is 36.4 Å². The highest BCUT2D eigenvalue weighted by Crippen LogP contribution is 2.47. The lowest BCUT2D eigenvalue weighted by molar-refractivity contribution is -0.138. The van der Waals surface area contributed by atoms with E-state index in [2.05, 4.69) is 0 Å². The SMILES string of the molecule is FC(F)(F)c1ccc(C2=CC3CCC2C=C3c2ccc(C(F)(F)F)cc2)cc1. The number of hydrogen-bond acceptors (Lipinski definition) is 0. The summed E-state index contributed by atoms with van der Waals surface area (Å²) in [6, 6.07) is 10.3. The minimum Gasteiger partial charge on any atom is -0.166 e. The Balaban J connectivity index is 1.59. The molecule has 3 aliphatic rings. The van der Waals surface area contributed by atoms with Crippen molar-refractivity contribution in [3.8, 4) is 0 Å². The standard InChI is InChI=1S/C22H16F6/c23-21(24,25)17-7-3-13(4-8-17)19-12-16-2-1-15(19)11-20(16)14-5-9-18(10-6-14)22(26,27)28/h3-12,15-16H,1-2H2. The number of fused-ring (bicyclic) bond motifs is 1. The summed E-state index contributed by atoms with van der Waals surface area (Å²) in [6.07, 6.45) is -2.89. The average Bonchev–Trinajstić information content (AvgIpc) is 2.67. The molecule has 0 heterocycles. The van der Waals surface area contributed by atoms with Crippen molar-refractivity contribution in [3.63, 3.8) is 0 Å². The fraction of sp³-hybridized carbons (Fsp3) is 0.273.